The predicted molar refractivity (Wildman–Crippen MR) is 128 cm³/mol. The molecule has 6 heteroatoms. The summed E-state index contributed by atoms with van der Waals surface area (Å²) in [5, 5.41) is 10.2. The Bertz CT molecular complexity index is 1180. The molecule has 0 saturated carbocycles. The van der Waals surface area contributed by atoms with E-state index in [9.17, 15) is 9.90 Å². The number of rotatable bonds is 9. The molecule has 0 saturated heterocycles. The number of ether oxygens (including phenoxy) is 1. The Morgan fingerprint density at radius 2 is 1.78 bits per heavy atom. The fourth-order valence-electron chi connectivity index (χ4n) is 3.66. The highest BCUT2D eigenvalue weighted by atomic mass is 32.1. The van der Waals surface area contributed by atoms with Crippen LogP contribution in [0.2, 0.25) is 0 Å². The summed E-state index contributed by atoms with van der Waals surface area (Å²) in [7, 11) is 0. The molecule has 2 aromatic carbocycles. The van der Waals surface area contributed by atoms with Gasteiger partial charge in [-0.05, 0) is 47.7 Å². The predicted octanol–water partition coefficient (Wildman–Crippen LogP) is 5.10. The Morgan fingerprint density at radius 1 is 1.03 bits per heavy atom. The molecule has 0 aliphatic heterocycles. The fraction of sp³-hybridized carbons (Fsp3) is 0.231. The first kappa shape index (κ1) is 21.8. The van der Waals surface area contributed by atoms with Crippen LogP contribution >= 0.6 is 11.3 Å². The highest BCUT2D eigenvalue weighted by molar-refractivity contribution is 7.09. The zero-order valence-corrected chi connectivity index (χ0v) is 18.8. The molecular formula is C26H26N2O3S. The van der Waals surface area contributed by atoms with Crippen molar-refractivity contribution in [2.45, 2.75) is 32.1 Å². The molecule has 4 rings (SSSR count). The lowest BCUT2D eigenvalue weighted by Crippen LogP contribution is -2.05. The van der Waals surface area contributed by atoms with Gasteiger partial charge in [-0.3, -0.25) is 14.8 Å². The van der Waals surface area contributed by atoms with E-state index < -0.39 is 0 Å². The average Bonchev–Trinajstić information content (AvgIpc) is 3.17. The molecule has 0 aliphatic carbocycles. The van der Waals surface area contributed by atoms with E-state index in [1.165, 1.54) is 5.56 Å². The normalized spacial score (nSPS) is 11.9. The van der Waals surface area contributed by atoms with Crippen LogP contribution in [0.4, 0.5) is 0 Å². The second-order valence-corrected chi connectivity index (χ2v) is 8.66. The van der Waals surface area contributed by atoms with E-state index >= 15 is 0 Å². The maximum Gasteiger partial charge on any atom is 0.307 e. The fourth-order valence-corrected chi connectivity index (χ4v) is 4.52. The van der Waals surface area contributed by atoms with E-state index in [-0.39, 0.29) is 16.7 Å². The summed E-state index contributed by atoms with van der Waals surface area (Å²) in [4.78, 5) is 19.1. The van der Waals surface area contributed by atoms with E-state index in [0.29, 0.717) is 17.9 Å². The average molecular weight is 447 g/mol. The lowest BCUT2D eigenvalue weighted by atomic mass is 9.91. The Kier molecular flexibility index (Phi) is 7.02. The number of aromatic hydroxyl groups is 1. The maximum atomic E-state index is 11.8. The van der Waals surface area contributed by atoms with Crippen molar-refractivity contribution in [3.8, 4) is 11.6 Å². The molecule has 0 amide bonds. The van der Waals surface area contributed by atoms with Crippen molar-refractivity contribution in [3.05, 3.63) is 110 Å². The lowest BCUT2D eigenvalue weighted by Gasteiger charge is -2.16. The van der Waals surface area contributed by atoms with Crippen molar-refractivity contribution in [2.24, 2.45) is 0 Å². The summed E-state index contributed by atoms with van der Waals surface area (Å²) in [6, 6.07) is 22.1. The van der Waals surface area contributed by atoms with Crippen LogP contribution < -0.4 is 9.61 Å². The minimum absolute atomic E-state index is 0.0469. The van der Waals surface area contributed by atoms with E-state index in [1.807, 2.05) is 60.8 Å². The highest BCUT2D eigenvalue weighted by Crippen LogP contribution is 2.35. The van der Waals surface area contributed by atoms with Crippen molar-refractivity contribution >= 4 is 11.3 Å². The van der Waals surface area contributed by atoms with Crippen molar-refractivity contribution in [1.29, 1.82) is 0 Å². The number of H-pyrrole nitrogens is 1. The zero-order chi connectivity index (χ0) is 22.3. The molecule has 1 unspecified atom stereocenters. The Balaban J connectivity index is 1.41. The molecule has 0 spiro atoms. The first-order valence-corrected chi connectivity index (χ1v) is 11.6. The molecule has 2 heterocycles. The third-order valence-corrected chi connectivity index (χ3v) is 6.44. The monoisotopic (exact) mass is 446 g/mol. The maximum absolute atomic E-state index is 11.8. The largest absolute Gasteiger partial charge is 0.494 e. The molecule has 0 radical (unpaired) electrons. The number of aryl methyl sites for hydroxylation is 1. The van der Waals surface area contributed by atoms with Gasteiger partial charge < -0.3 is 9.84 Å². The van der Waals surface area contributed by atoms with E-state index in [1.54, 1.807) is 0 Å². The quantitative estimate of drug-likeness (QED) is 0.375. The Labute approximate surface area is 191 Å². The van der Waals surface area contributed by atoms with Crippen molar-refractivity contribution < 1.29 is 9.84 Å². The number of thiazole rings is 1. The van der Waals surface area contributed by atoms with Gasteiger partial charge in [0.2, 0.25) is 5.88 Å². The number of nitrogens with one attached hydrogen (secondary N) is 1. The molecule has 5 nitrogen and oxygen atoms in total. The number of pyridine rings is 1. The molecular weight excluding hydrogens is 420 g/mol. The summed E-state index contributed by atoms with van der Waals surface area (Å²) < 4.78 is 5.89. The number of hydrogen-bond donors (Lipinski definition) is 2. The van der Waals surface area contributed by atoms with Gasteiger partial charge in [0.25, 0.3) is 0 Å². The van der Waals surface area contributed by atoms with Gasteiger partial charge in [-0.15, -0.1) is 0 Å². The summed E-state index contributed by atoms with van der Waals surface area (Å²) in [6.45, 7) is 2.68. The summed E-state index contributed by atoms with van der Waals surface area (Å²) in [5.41, 5.74) is 4.41. The van der Waals surface area contributed by atoms with E-state index in [0.717, 1.165) is 46.7 Å². The molecule has 1 atom stereocenters. The van der Waals surface area contributed by atoms with Crippen molar-refractivity contribution in [3.63, 3.8) is 0 Å². The van der Waals surface area contributed by atoms with Crippen LogP contribution in [0.25, 0.3) is 0 Å². The van der Waals surface area contributed by atoms with Crippen molar-refractivity contribution in [1.82, 2.24) is 9.97 Å². The third kappa shape index (κ3) is 5.45. The molecule has 2 N–H and O–H groups in total. The number of aromatic amines is 1. The zero-order valence-electron chi connectivity index (χ0n) is 18.0. The molecule has 0 bridgehead atoms. The van der Waals surface area contributed by atoms with Gasteiger partial charge in [0.1, 0.15) is 5.75 Å². The van der Waals surface area contributed by atoms with Crippen LogP contribution in [0, 0.1) is 0 Å². The lowest BCUT2D eigenvalue weighted by molar-refractivity contribution is 0.320. The van der Waals surface area contributed by atoms with Crippen molar-refractivity contribution in [2.75, 3.05) is 6.61 Å². The van der Waals surface area contributed by atoms with Crippen LogP contribution in [0.5, 0.6) is 11.6 Å². The summed E-state index contributed by atoms with van der Waals surface area (Å²) in [5.74, 6) is 0.655. The van der Waals surface area contributed by atoms with Gasteiger partial charge in [-0.1, -0.05) is 66.8 Å². The molecule has 4 aromatic rings. The first-order valence-electron chi connectivity index (χ1n) is 10.7. The molecule has 0 fully saturated rings. The SMILES string of the molecule is CCc1ccc(CCOc2ccc(CC(c3ccccc3)c3sc(=O)[nH]c3O)cc2)nc1. The number of hydrogen-bond acceptors (Lipinski definition) is 5. The minimum Gasteiger partial charge on any atom is -0.494 e. The van der Waals surface area contributed by atoms with Crippen LogP contribution in [0.1, 0.15) is 40.1 Å². The van der Waals surface area contributed by atoms with Gasteiger partial charge in [-0.25, -0.2) is 0 Å². The molecule has 32 heavy (non-hydrogen) atoms. The van der Waals surface area contributed by atoms with Gasteiger partial charge in [-0.2, -0.15) is 0 Å². The van der Waals surface area contributed by atoms with E-state index in [2.05, 4.69) is 29.0 Å². The molecule has 164 valence electrons. The topological polar surface area (TPSA) is 75.2 Å². The smallest absolute Gasteiger partial charge is 0.307 e. The van der Waals surface area contributed by atoms with Crippen LogP contribution in [0.15, 0.2) is 77.7 Å². The first-order chi connectivity index (χ1) is 15.6. The summed E-state index contributed by atoms with van der Waals surface area (Å²) in [6.07, 6.45) is 4.34. The van der Waals surface area contributed by atoms with Crippen LogP contribution in [0.3, 0.4) is 0 Å². The van der Waals surface area contributed by atoms with E-state index in [4.69, 9.17) is 4.74 Å². The number of aromatic nitrogens is 2. The summed E-state index contributed by atoms with van der Waals surface area (Å²) >= 11 is 1.06. The second-order valence-electron chi connectivity index (χ2n) is 7.65. The Hall–Kier alpha value is -3.38. The minimum atomic E-state index is -0.249. The number of benzene rings is 2. The van der Waals surface area contributed by atoms with Gasteiger partial charge in [0, 0.05) is 24.2 Å². The van der Waals surface area contributed by atoms with Crippen LogP contribution in [-0.4, -0.2) is 21.7 Å². The standard InChI is InChI=1S/C26H26N2O3S/c1-2-18-8-11-21(27-17-18)14-15-31-22-12-9-19(10-13-22)16-23(20-6-4-3-5-7-20)24-25(29)28-26(30)32-24/h3-13,17,23,29H,2,14-16H2,1H3,(H,28,30). The highest BCUT2D eigenvalue weighted by Gasteiger charge is 2.21. The van der Waals surface area contributed by atoms with Gasteiger partial charge in [0.05, 0.1) is 11.5 Å². The molecule has 2 aromatic heterocycles. The number of nitrogens with zero attached hydrogens (tertiary/aromatic N) is 1. The second kappa shape index (κ2) is 10.3. The molecule has 0 aliphatic rings. The third-order valence-electron chi connectivity index (χ3n) is 5.46. The van der Waals surface area contributed by atoms with Gasteiger partial charge >= 0.3 is 4.87 Å². The Morgan fingerprint density at radius 3 is 2.41 bits per heavy atom. The van der Waals surface area contributed by atoms with Crippen LogP contribution in [-0.2, 0) is 19.3 Å². The van der Waals surface area contributed by atoms with Gasteiger partial charge in [0.15, 0.2) is 0 Å².